The van der Waals surface area contributed by atoms with Crippen LogP contribution in [0.25, 0.3) is 33.5 Å². The molecule has 0 aliphatic heterocycles. The van der Waals surface area contributed by atoms with Crippen LogP contribution in [0.15, 0.2) is 43.2 Å². The Morgan fingerprint density at radius 1 is 1.31 bits per heavy atom. The summed E-state index contributed by atoms with van der Waals surface area (Å²) in [7, 11) is 3.85. The van der Waals surface area contributed by atoms with Crippen molar-refractivity contribution in [3.05, 3.63) is 48.9 Å². The summed E-state index contributed by atoms with van der Waals surface area (Å²) in [6.07, 6.45) is 3.65. The van der Waals surface area contributed by atoms with E-state index < -0.39 is 0 Å². The van der Waals surface area contributed by atoms with Crippen molar-refractivity contribution < 1.29 is 0 Å². The van der Waals surface area contributed by atoms with Crippen LogP contribution >= 0.6 is 0 Å². The second-order valence-corrected chi connectivity index (χ2v) is 6.14. The maximum Gasteiger partial charge on any atom is 0.156 e. The summed E-state index contributed by atoms with van der Waals surface area (Å²) in [5.41, 5.74) is 5.54. The Hall–Kier alpha value is -3.19. The summed E-state index contributed by atoms with van der Waals surface area (Å²) in [6, 6.07) is 8.13. The minimum Gasteiger partial charge on any atom is -0.371 e. The van der Waals surface area contributed by atoms with Gasteiger partial charge in [0.05, 0.1) is 28.9 Å². The molecule has 0 amide bonds. The lowest BCUT2D eigenvalue weighted by atomic mass is 10.2. The third-order valence-electron chi connectivity index (χ3n) is 4.35. The van der Waals surface area contributed by atoms with Crippen molar-refractivity contribution in [2.24, 2.45) is 7.05 Å². The lowest BCUT2D eigenvalue weighted by Crippen LogP contribution is -2.13. The highest BCUT2D eigenvalue weighted by molar-refractivity contribution is 6.07. The molecule has 7 nitrogen and oxygen atoms in total. The van der Waals surface area contributed by atoms with E-state index in [-0.39, 0.29) is 0 Å². The van der Waals surface area contributed by atoms with Crippen LogP contribution in [-0.2, 0) is 13.6 Å². The third-order valence-corrected chi connectivity index (χ3v) is 4.35. The SMILES string of the molecule is C=CCNCc1cccc(-c2cc3c(nc(NC)c4ncn(C)c43)[nH]2)n1. The Morgan fingerprint density at radius 2 is 2.19 bits per heavy atom. The van der Waals surface area contributed by atoms with Gasteiger partial charge in [-0.1, -0.05) is 12.1 Å². The van der Waals surface area contributed by atoms with Gasteiger partial charge < -0.3 is 20.2 Å². The largest absolute Gasteiger partial charge is 0.371 e. The highest BCUT2D eigenvalue weighted by Crippen LogP contribution is 2.31. The molecule has 4 aromatic heterocycles. The number of pyridine rings is 2. The Bertz CT molecular complexity index is 1090. The Morgan fingerprint density at radius 3 is 3.00 bits per heavy atom. The Labute approximate surface area is 151 Å². The van der Waals surface area contributed by atoms with Crippen LogP contribution in [0.5, 0.6) is 0 Å². The van der Waals surface area contributed by atoms with Crippen molar-refractivity contribution in [3.8, 4) is 11.4 Å². The van der Waals surface area contributed by atoms with Crippen LogP contribution in [0.4, 0.5) is 5.82 Å². The molecule has 0 aliphatic carbocycles. The van der Waals surface area contributed by atoms with Gasteiger partial charge in [-0.05, 0) is 18.2 Å². The van der Waals surface area contributed by atoms with Crippen LogP contribution in [-0.4, -0.2) is 38.1 Å². The molecule has 0 unspecified atom stereocenters. The third kappa shape index (κ3) is 2.72. The van der Waals surface area contributed by atoms with Crippen LogP contribution in [0.2, 0.25) is 0 Å². The van der Waals surface area contributed by atoms with Crippen molar-refractivity contribution in [1.29, 1.82) is 0 Å². The van der Waals surface area contributed by atoms with E-state index in [1.165, 1.54) is 0 Å². The maximum absolute atomic E-state index is 4.75. The highest BCUT2D eigenvalue weighted by atomic mass is 15.1. The van der Waals surface area contributed by atoms with Gasteiger partial charge in [0.15, 0.2) is 5.82 Å². The number of nitrogens with zero attached hydrogens (tertiary/aromatic N) is 4. The number of H-pyrrole nitrogens is 1. The molecule has 132 valence electrons. The molecular formula is C19H21N7. The van der Waals surface area contributed by atoms with E-state index in [9.17, 15) is 0 Å². The minimum absolute atomic E-state index is 0.703. The molecule has 4 heterocycles. The number of rotatable bonds is 6. The lowest BCUT2D eigenvalue weighted by Gasteiger charge is -2.03. The number of hydrogen-bond donors (Lipinski definition) is 3. The van der Waals surface area contributed by atoms with Gasteiger partial charge in [0.2, 0.25) is 0 Å². The van der Waals surface area contributed by atoms with Gasteiger partial charge in [0.1, 0.15) is 11.2 Å². The van der Waals surface area contributed by atoms with Gasteiger partial charge in [0.25, 0.3) is 0 Å². The van der Waals surface area contributed by atoms with Crippen LogP contribution in [0, 0.1) is 0 Å². The van der Waals surface area contributed by atoms with Crippen LogP contribution in [0.3, 0.4) is 0 Å². The maximum atomic E-state index is 4.75. The lowest BCUT2D eigenvalue weighted by molar-refractivity contribution is 0.741. The first-order chi connectivity index (χ1) is 12.7. The number of aryl methyl sites for hydroxylation is 1. The molecule has 0 aromatic carbocycles. The smallest absolute Gasteiger partial charge is 0.156 e. The quantitative estimate of drug-likeness (QED) is 0.369. The minimum atomic E-state index is 0.703. The average Bonchev–Trinajstić information content (AvgIpc) is 3.25. The van der Waals surface area contributed by atoms with Crippen LogP contribution in [0.1, 0.15) is 5.69 Å². The summed E-state index contributed by atoms with van der Waals surface area (Å²) in [5.74, 6) is 0.761. The predicted octanol–water partition coefficient (Wildman–Crippen LogP) is 2.83. The van der Waals surface area contributed by atoms with E-state index in [2.05, 4.69) is 38.2 Å². The molecule has 0 fully saturated rings. The summed E-state index contributed by atoms with van der Waals surface area (Å²) >= 11 is 0. The number of aromatic nitrogens is 5. The topological polar surface area (TPSA) is 83.5 Å². The summed E-state index contributed by atoms with van der Waals surface area (Å²) in [5, 5.41) is 7.43. The number of nitrogens with one attached hydrogen (secondary N) is 3. The molecule has 4 rings (SSSR count). The number of hydrogen-bond acceptors (Lipinski definition) is 5. The van der Waals surface area contributed by atoms with E-state index in [0.29, 0.717) is 6.54 Å². The molecule has 4 aromatic rings. The molecule has 0 aliphatic rings. The highest BCUT2D eigenvalue weighted by Gasteiger charge is 2.15. The van der Waals surface area contributed by atoms with E-state index in [0.717, 1.165) is 51.5 Å². The van der Waals surface area contributed by atoms with E-state index in [1.807, 2.05) is 49.3 Å². The fourth-order valence-corrected chi connectivity index (χ4v) is 3.14. The first kappa shape index (κ1) is 16.3. The van der Waals surface area contributed by atoms with Gasteiger partial charge in [-0.2, -0.15) is 0 Å². The fourth-order valence-electron chi connectivity index (χ4n) is 3.14. The fraction of sp³-hybridized carbons (Fsp3) is 0.211. The molecule has 3 N–H and O–H groups in total. The summed E-state index contributed by atoms with van der Waals surface area (Å²) < 4.78 is 2.01. The Kier molecular flexibility index (Phi) is 4.14. The molecular weight excluding hydrogens is 326 g/mol. The van der Waals surface area contributed by atoms with Crippen molar-refractivity contribution >= 4 is 27.9 Å². The molecule has 7 heteroatoms. The molecule has 0 bridgehead atoms. The number of anilines is 1. The Balaban J connectivity index is 1.81. The number of fused-ring (bicyclic) bond motifs is 3. The van der Waals surface area contributed by atoms with E-state index in [1.54, 1.807) is 0 Å². The normalized spacial score (nSPS) is 11.3. The summed E-state index contributed by atoms with van der Waals surface area (Å²) in [6.45, 7) is 5.18. The number of imidazole rings is 1. The van der Waals surface area contributed by atoms with E-state index in [4.69, 9.17) is 4.98 Å². The number of aromatic amines is 1. The first-order valence-electron chi connectivity index (χ1n) is 8.50. The molecule has 0 radical (unpaired) electrons. The average molecular weight is 347 g/mol. The standard InChI is InChI=1S/C19H21N7/c1-4-8-21-10-12-6-5-7-14(23-12)15-9-13-17-16(22-11-26(17)3)19(20-2)25-18(13)24-15/h4-7,9,11,21H,1,8,10H2,2-3H3,(H2,20,24,25). The van der Waals surface area contributed by atoms with Gasteiger partial charge in [0, 0.05) is 32.6 Å². The van der Waals surface area contributed by atoms with Gasteiger partial charge >= 0.3 is 0 Å². The second-order valence-electron chi connectivity index (χ2n) is 6.14. The van der Waals surface area contributed by atoms with Crippen molar-refractivity contribution in [1.82, 2.24) is 29.8 Å². The zero-order chi connectivity index (χ0) is 18.1. The molecule has 0 saturated carbocycles. The molecule has 0 saturated heterocycles. The molecule has 0 spiro atoms. The molecule has 26 heavy (non-hydrogen) atoms. The van der Waals surface area contributed by atoms with Crippen molar-refractivity contribution in [2.45, 2.75) is 6.54 Å². The first-order valence-corrected chi connectivity index (χ1v) is 8.50. The summed E-state index contributed by atoms with van der Waals surface area (Å²) in [4.78, 5) is 17.3. The predicted molar refractivity (Wildman–Crippen MR) is 105 cm³/mol. The van der Waals surface area contributed by atoms with E-state index >= 15 is 0 Å². The zero-order valence-corrected chi connectivity index (χ0v) is 14.9. The van der Waals surface area contributed by atoms with Crippen molar-refractivity contribution in [2.75, 3.05) is 18.9 Å². The van der Waals surface area contributed by atoms with Crippen LogP contribution < -0.4 is 10.6 Å². The van der Waals surface area contributed by atoms with Gasteiger partial charge in [-0.15, -0.1) is 6.58 Å². The van der Waals surface area contributed by atoms with Gasteiger partial charge in [-0.3, -0.25) is 0 Å². The monoisotopic (exact) mass is 347 g/mol. The van der Waals surface area contributed by atoms with Crippen molar-refractivity contribution in [3.63, 3.8) is 0 Å². The zero-order valence-electron chi connectivity index (χ0n) is 14.9. The second kappa shape index (κ2) is 6.61. The molecule has 0 atom stereocenters. The van der Waals surface area contributed by atoms with Gasteiger partial charge in [-0.25, -0.2) is 15.0 Å².